The Bertz CT molecular complexity index is 859. The molecule has 1 N–H and O–H groups in total. The van der Waals surface area contributed by atoms with Gasteiger partial charge in [0.05, 0.1) is 16.1 Å². The summed E-state index contributed by atoms with van der Waals surface area (Å²) >= 11 is 19.2. The lowest BCUT2D eigenvalue weighted by molar-refractivity contribution is 0.104. The van der Waals surface area contributed by atoms with Gasteiger partial charge in [-0.3, -0.25) is 4.79 Å². The van der Waals surface area contributed by atoms with Crippen LogP contribution in [0.1, 0.15) is 15.2 Å². The summed E-state index contributed by atoms with van der Waals surface area (Å²) in [6, 6.07) is 12.0. The van der Waals surface area contributed by atoms with Crippen LogP contribution in [0.5, 0.6) is 0 Å². The Morgan fingerprint density at radius 3 is 2.43 bits per heavy atom. The van der Waals surface area contributed by atoms with E-state index in [2.05, 4.69) is 10.3 Å². The fraction of sp³-hybridized carbons (Fsp3) is 0. The van der Waals surface area contributed by atoms with Crippen molar-refractivity contribution in [2.45, 2.75) is 0 Å². The van der Waals surface area contributed by atoms with Crippen LogP contribution >= 0.6 is 46.1 Å². The molecule has 1 heterocycles. The second kappa shape index (κ2) is 6.89. The molecule has 0 spiro atoms. The van der Waals surface area contributed by atoms with E-state index in [1.807, 2.05) is 0 Å². The van der Waals surface area contributed by atoms with Gasteiger partial charge in [0.2, 0.25) is 5.78 Å². The molecule has 0 aliphatic carbocycles. The van der Waals surface area contributed by atoms with Crippen LogP contribution in [0.2, 0.25) is 15.1 Å². The average Bonchev–Trinajstić information content (AvgIpc) is 2.94. The number of benzene rings is 2. The maximum absolute atomic E-state index is 12.5. The van der Waals surface area contributed by atoms with Crippen molar-refractivity contribution in [3.63, 3.8) is 0 Å². The maximum atomic E-state index is 12.5. The van der Waals surface area contributed by atoms with Crippen molar-refractivity contribution in [3.8, 4) is 0 Å². The van der Waals surface area contributed by atoms with Gasteiger partial charge in [0.15, 0.2) is 5.13 Å². The molecule has 7 heteroatoms. The third-order valence-corrected chi connectivity index (χ3v) is 4.64. The van der Waals surface area contributed by atoms with Gasteiger partial charge in [0.1, 0.15) is 0 Å². The lowest BCUT2D eigenvalue weighted by atomic mass is 10.1. The maximum Gasteiger partial charge on any atom is 0.206 e. The van der Waals surface area contributed by atoms with E-state index in [0.717, 1.165) is 0 Å². The average molecular weight is 384 g/mol. The van der Waals surface area contributed by atoms with Crippen molar-refractivity contribution in [3.05, 3.63) is 74.2 Å². The first-order chi connectivity index (χ1) is 11.0. The normalized spacial score (nSPS) is 10.6. The number of carbonyl (C=O) groups is 1. The van der Waals surface area contributed by atoms with E-state index in [1.165, 1.54) is 17.5 Å². The molecule has 3 rings (SSSR count). The Kier molecular flexibility index (Phi) is 4.87. The number of hydrogen-bond acceptors (Lipinski definition) is 4. The Morgan fingerprint density at radius 1 is 1.04 bits per heavy atom. The third-order valence-electron chi connectivity index (χ3n) is 2.96. The van der Waals surface area contributed by atoms with Crippen LogP contribution in [0.15, 0.2) is 48.7 Å². The van der Waals surface area contributed by atoms with Crippen molar-refractivity contribution < 1.29 is 4.79 Å². The smallest absolute Gasteiger partial charge is 0.206 e. The summed E-state index contributed by atoms with van der Waals surface area (Å²) in [6.07, 6.45) is 1.52. The van der Waals surface area contributed by atoms with Crippen LogP contribution in [0.25, 0.3) is 0 Å². The summed E-state index contributed by atoms with van der Waals surface area (Å²) in [5, 5.41) is 5.10. The van der Waals surface area contributed by atoms with E-state index >= 15 is 0 Å². The second-order valence-corrected chi connectivity index (χ2v) is 6.93. The predicted octanol–water partition coefficient (Wildman–Crippen LogP) is 6.08. The van der Waals surface area contributed by atoms with Crippen molar-refractivity contribution in [1.82, 2.24) is 4.98 Å². The van der Waals surface area contributed by atoms with Gasteiger partial charge in [-0.15, -0.1) is 0 Å². The molecule has 2 aromatic carbocycles. The highest BCUT2D eigenvalue weighted by molar-refractivity contribution is 7.17. The molecule has 0 aliphatic heterocycles. The number of rotatable bonds is 4. The summed E-state index contributed by atoms with van der Waals surface area (Å²) in [5.74, 6) is -0.162. The number of ketones is 1. The number of hydrogen-bond donors (Lipinski definition) is 1. The third kappa shape index (κ3) is 3.85. The molecule has 3 nitrogen and oxygen atoms in total. The Morgan fingerprint density at radius 2 is 1.74 bits per heavy atom. The molecule has 0 fully saturated rings. The first-order valence-corrected chi connectivity index (χ1v) is 8.46. The zero-order chi connectivity index (χ0) is 16.4. The highest BCUT2D eigenvalue weighted by Crippen LogP contribution is 2.29. The largest absolute Gasteiger partial charge is 0.331 e. The van der Waals surface area contributed by atoms with E-state index in [-0.39, 0.29) is 5.78 Å². The summed E-state index contributed by atoms with van der Waals surface area (Å²) in [5.41, 5.74) is 1.16. The Hall–Kier alpha value is -1.59. The summed E-state index contributed by atoms with van der Waals surface area (Å²) in [4.78, 5) is 17.2. The van der Waals surface area contributed by atoms with Crippen LogP contribution in [0.4, 0.5) is 10.8 Å². The molecule has 0 saturated heterocycles. The van der Waals surface area contributed by atoms with Gasteiger partial charge in [-0.05, 0) is 30.3 Å². The number of thiazole rings is 1. The monoisotopic (exact) mass is 382 g/mol. The molecular formula is C16H9Cl3N2OS. The molecule has 0 radical (unpaired) electrons. The van der Waals surface area contributed by atoms with Crippen molar-refractivity contribution in [1.29, 1.82) is 0 Å². The molecule has 1 aromatic heterocycles. The van der Waals surface area contributed by atoms with Crippen LogP contribution in [0, 0.1) is 0 Å². The number of halogens is 3. The van der Waals surface area contributed by atoms with Gasteiger partial charge < -0.3 is 5.32 Å². The molecule has 0 unspecified atom stereocenters. The minimum Gasteiger partial charge on any atom is -0.331 e. The zero-order valence-corrected chi connectivity index (χ0v) is 14.6. The number of nitrogens with zero attached hydrogens (tertiary/aromatic N) is 1. The first kappa shape index (κ1) is 16.3. The Labute approximate surface area is 151 Å². The topological polar surface area (TPSA) is 42.0 Å². The standard InChI is InChI=1S/C16H9Cl3N2OS/c17-9-5-10(18)7-11(6-9)21-16-20-8-14(23-16)15(22)12-3-1-2-4-13(12)19/h1-8H,(H,20,21). The summed E-state index contributed by atoms with van der Waals surface area (Å²) in [6.45, 7) is 0. The zero-order valence-electron chi connectivity index (χ0n) is 11.5. The fourth-order valence-electron chi connectivity index (χ4n) is 1.96. The van der Waals surface area contributed by atoms with Gasteiger partial charge in [0.25, 0.3) is 0 Å². The van der Waals surface area contributed by atoms with Gasteiger partial charge in [0, 0.05) is 21.3 Å². The van der Waals surface area contributed by atoms with E-state index in [1.54, 1.807) is 42.5 Å². The molecule has 0 bridgehead atoms. The van der Waals surface area contributed by atoms with Crippen LogP contribution in [-0.4, -0.2) is 10.8 Å². The SMILES string of the molecule is O=C(c1cnc(Nc2cc(Cl)cc(Cl)c2)s1)c1ccccc1Cl. The van der Waals surface area contributed by atoms with E-state index in [4.69, 9.17) is 34.8 Å². The number of anilines is 2. The summed E-state index contributed by atoms with van der Waals surface area (Å²) < 4.78 is 0. The molecule has 0 saturated carbocycles. The lowest BCUT2D eigenvalue weighted by Gasteiger charge is -2.03. The van der Waals surface area contributed by atoms with Gasteiger partial charge in [-0.2, -0.15) is 0 Å². The minimum atomic E-state index is -0.162. The van der Waals surface area contributed by atoms with Gasteiger partial charge >= 0.3 is 0 Å². The fourth-order valence-corrected chi connectivity index (χ4v) is 3.50. The molecular weight excluding hydrogens is 375 g/mol. The predicted molar refractivity (Wildman–Crippen MR) is 96.7 cm³/mol. The summed E-state index contributed by atoms with van der Waals surface area (Å²) in [7, 11) is 0. The molecule has 3 aromatic rings. The number of carbonyl (C=O) groups excluding carboxylic acids is 1. The Balaban J connectivity index is 1.83. The number of nitrogens with one attached hydrogen (secondary N) is 1. The second-order valence-electron chi connectivity index (χ2n) is 4.62. The van der Waals surface area contributed by atoms with Crippen molar-refractivity contribution in [2.75, 3.05) is 5.32 Å². The van der Waals surface area contributed by atoms with E-state index in [0.29, 0.717) is 36.3 Å². The highest BCUT2D eigenvalue weighted by Gasteiger charge is 2.15. The van der Waals surface area contributed by atoms with Crippen LogP contribution in [-0.2, 0) is 0 Å². The minimum absolute atomic E-state index is 0.162. The first-order valence-electron chi connectivity index (χ1n) is 6.51. The van der Waals surface area contributed by atoms with E-state index in [9.17, 15) is 4.79 Å². The molecule has 0 aliphatic rings. The number of aromatic nitrogens is 1. The van der Waals surface area contributed by atoms with Gasteiger partial charge in [-0.1, -0.05) is 58.3 Å². The highest BCUT2D eigenvalue weighted by atomic mass is 35.5. The molecule has 0 amide bonds. The van der Waals surface area contributed by atoms with Crippen LogP contribution < -0.4 is 5.32 Å². The van der Waals surface area contributed by atoms with Gasteiger partial charge in [-0.25, -0.2) is 4.98 Å². The lowest BCUT2D eigenvalue weighted by Crippen LogP contribution is -1.98. The molecule has 0 atom stereocenters. The van der Waals surface area contributed by atoms with E-state index < -0.39 is 0 Å². The quantitative estimate of drug-likeness (QED) is 0.555. The van der Waals surface area contributed by atoms with Crippen molar-refractivity contribution >= 4 is 62.7 Å². The molecule has 23 heavy (non-hydrogen) atoms. The van der Waals surface area contributed by atoms with Crippen LogP contribution in [0.3, 0.4) is 0 Å². The van der Waals surface area contributed by atoms with Crippen molar-refractivity contribution in [2.24, 2.45) is 0 Å². The molecule has 116 valence electrons.